The van der Waals surface area contributed by atoms with Gasteiger partial charge in [-0.05, 0) is 73.4 Å². The Balaban J connectivity index is 1.44. The van der Waals surface area contributed by atoms with Crippen LogP contribution in [0.1, 0.15) is 32.9 Å². The second kappa shape index (κ2) is 10.5. The highest BCUT2D eigenvalue weighted by Gasteiger charge is 2.31. The van der Waals surface area contributed by atoms with Crippen molar-refractivity contribution in [3.8, 4) is 11.1 Å². The molecule has 0 aliphatic heterocycles. The third kappa shape index (κ3) is 5.61. The molecule has 10 heteroatoms. The first-order chi connectivity index (χ1) is 18.6. The number of aromatic nitrogens is 3. The van der Waals surface area contributed by atoms with E-state index in [9.17, 15) is 22.8 Å². The lowest BCUT2D eigenvalue weighted by Gasteiger charge is -2.14. The molecule has 0 saturated carbocycles. The highest BCUT2D eigenvalue weighted by atomic mass is 32.1. The van der Waals surface area contributed by atoms with Crippen molar-refractivity contribution >= 4 is 33.8 Å². The van der Waals surface area contributed by atoms with Crippen LogP contribution in [0.2, 0.25) is 0 Å². The van der Waals surface area contributed by atoms with Crippen molar-refractivity contribution in [3.05, 3.63) is 110 Å². The van der Waals surface area contributed by atoms with E-state index < -0.39 is 17.6 Å². The second-order valence-electron chi connectivity index (χ2n) is 9.20. The largest absolute Gasteiger partial charge is 0.416 e. The SMILES string of the molecule is Cc1ccc(NC(=O)c2cccc(C(F)(F)F)c2)cc1-c1cc2cnc(CCc3cscn3)cc2n(C)c1=O. The van der Waals surface area contributed by atoms with Crippen LogP contribution < -0.4 is 10.9 Å². The molecule has 0 aliphatic rings. The van der Waals surface area contributed by atoms with Gasteiger partial charge in [-0.15, -0.1) is 11.3 Å². The number of thiazole rings is 1. The first-order valence-corrected chi connectivity index (χ1v) is 13.0. The number of alkyl halides is 3. The minimum atomic E-state index is -4.56. The van der Waals surface area contributed by atoms with Gasteiger partial charge in [-0.25, -0.2) is 4.98 Å². The molecule has 3 heterocycles. The molecule has 0 radical (unpaired) electrons. The van der Waals surface area contributed by atoms with Crippen LogP contribution >= 0.6 is 11.3 Å². The van der Waals surface area contributed by atoms with Crippen molar-refractivity contribution in [1.29, 1.82) is 0 Å². The molecular formula is C29H23F3N4O2S. The topological polar surface area (TPSA) is 76.9 Å². The fraction of sp³-hybridized carbons (Fsp3) is 0.172. The van der Waals surface area contributed by atoms with Gasteiger partial charge < -0.3 is 9.88 Å². The normalized spacial score (nSPS) is 11.6. The number of halogens is 3. The maximum Gasteiger partial charge on any atom is 0.416 e. The molecule has 1 amide bonds. The molecule has 0 spiro atoms. The number of pyridine rings is 2. The van der Waals surface area contributed by atoms with E-state index in [0.29, 0.717) is 23.2 Å². The van der Waals surface area contributed by atoms with Crippen molar-refractivity contribution in [2.45, 2.75) is 25.9 Å². The number of nitrogens with zero attached hydrogens (tertiary/aromatic N) is 3. The number of hydrogen-bond acceptors (Lipinski definition) is 5. The number of rotatable bonds is 6. The van der Waals surface area contributed by atoms with Crippen LogP contribution in [-0.2, 0) is 26.1 Å². The van der Waals surface area contributed by atoms with E-state index in [4.69, 9.17) is 0 Å². The summed E-state index contributed by atoms with van der Waals surface area (Å²) in [6.07, 6.45) is -1.36. The van der Waals surface area contributed by atoms with E-state index in [0.717, 1.165) is 46.4 Å². The summed E-state index contributed by atoms with van der Waals surface area (Å²) in [4.78, 5) is 35.0. The summed E-state index contributed by atoms with van der Waals surface area (Å²) in [5.74, 6) is -0.684. The standard InChI is InChI=1S/C29H23F3N4O2S/c1-17-6-7-22(35-27(37)18-4-3-5-20(10-18)29(30,31)32)12-24(17)25-11-19-14-33-21(8-9-23-15-39-16-34-23)13-26(19)36(2)28(25)38/h3-7,10-16H,8-9H2,1-2H3,(H,35,37). The zero-order chi connectivity index (χ0) is 27.7. The van der Waals surface area contributed by atoms with E-state index in [-0.39, 0.29) is 11.1 Å². The van der Waals surface area contributed by atoms with Crippen molar-refractivity contribution in [3.63, 3.8) is 0 Å². The van der Waals surface area contributed by atoms with Gasteiger partial charge in [-0.3, -0.25) is 14.6 Å². The number of carbonyl (C=O) groups is 1. The Morgan fingerprint density at radius 3 is 2.54 bits per heavy atom. The Kier molecular flexibility index (Phi) is 7.05. The van der Waals surface area contributed by atoms with E-state index >= 15 is 0 Å². The molecule has 2 aromatic carbocycles. The first kappa shape index (κ1) is 26.3. The Labute approximate surface area is 225 Å². The summed E-state index contributed by atoms with van der Waals surface area (Å²) < 4.78 is 40.8. The summed E-state index contributed by atoms with van der Waals surface area (Å²) >= 11 is 1.55. The minimum Gasteiger partial charge on any atom is -0.322 e. The van der Waals surface area contributed by atoms with Gasteiger partial charge >= 0.3 is 6.18 Å². The van der Waals surface area contributed by atoms with Crippen molar-refractivity contribution < 1.29 is 18.0 Å². The summed E-state index contributed by atoms with van der Waals surface area (Å²) in [6, 6.07) is 13.0. The fourth-order valence-electron chi connectivity index (χ4n) is 4.38. The second-order valence-corrected chi connectivity index (χ2v) is 9.92. The van der Waals surface area contributed by atoms with Crippen molar-refractivity contribution in [2.24, 2.45) is 7.05 Å². The molecule has 6 nitrogen and oxygen atoms in total. The molecule has 5 rings (SSSR count). The quantitative estimate of drug-likeness (QED) is 0.266. The number of carbonyl (C=O) groups excluding carboxylic acids is 1. The van der Waals surface area contributed by atoms with E-state index in [1.54, 1.807) is 58.9 Å². The van der Waals surface area contributed by atoms with Gasteiger partial charge in [0, 0.05) is 46.5 Å². The van der Waals surface area contributed by atoms with Gasteiger partial charge in [0.15, 0.2) is 0 Å². The van der Waals surface area contributed by atoms with Gasteiger partial charge in [0.25, 0.3) is 11.5 Å². The van der Waals surface area contributed by atoms with Gasteiger partial charge in [0.1, 0.15) is 0 Å². The lowest BCUT2D eigenvalue weighted by molar-refractivity contribution is -0.137. The van der Waals surface area contributed by atoms with Gasteiger partial charge in [0.05, 0.1) is 22.3 Å². The van der Waals surface area contributed by atoms with E-state index in [1.165, 1.54) is 12.1 Å². The van der Waals surface area contributed by atoms with Crippen LogP contribution in [0, 0.1) is 6.92 Å². The Hall–Kier alpha value is -4.31. The van der Waals surface area contributed by atoms with Crippen LogP contribution in [0.4, 0.5) is 18.9 Å². The van der Waals surface area contributed by atoms with Crippen LogP contribution in [-0.4, -0.2) is 20.4 Å². The fourth-order valence-corrected chi connectivity index (χ4v) is 4.98. The third-order valence-corrected chi connectivity index (χ3v) is 7.16. The molecule has 0 unspecified atom stereocenters. The van der Waals surface area contributed by atoms with Crippen molar-refractivity contribution in [1.82, 2.24) is 14.5 Å². The zero-order valence-electron chi connectivity index (χ0n) is 21.0. The molecule has 39 heavy (non-hydrogen) atoms. The molecule has 0 saturated heterocycles. The predicted molar refractivity (Wildman–Crippen MR) is 146 cm³/mol. The number of hydrogen-bond donors (Lipinski definition) is 1. The maximum atomic E-state index is 13.4. The van der Waals surface area contributed by atoms with E-state index in [2.05, 4.69) is 15.3 Å². The monoisotopic (exact) mass is 548 g/mol. The number of anilines is 1. The molecular weight excluding hydrogens is 525 g/mol. The number of aryl methyl sites for hydroxylation is 4. The highest BCUT2D eigenvalue weighted by Crippen LogP contribution is 2.30. The number of fused-ring (bicyclic) bond motifs is 1. The Morgan fingerprint density at radius 2 is 1.79 bits per heavy atom. The average molecular weight is 549 g/mol. The van der Waals surface area contributed by atoms with E-state index in [1.807, 2.05) is 18.4 Å². The van der Waals surface area contributed by atoms with Crippen molar-refractivity contribution in [2.75, 3.05) is 5.32 Å². The first-order valence-electron chi connectivity index (χ1n) is 12.1. The Bertz CT molecular complexity index is 1740. The Morgan fingerprint density at radius 1 is 1.00 bits per heavy atom. The molecule has 5 aromatic rings. The summed E-state index contributed by atoms with van der Waals surface area (Å²) in [5, 5.41) is 5.43. The van der Waals surface area contributed by atoms with Gasteiger partial charge in [-0.1, -0.05) is 12.1 Å². The predicted octanol–water partition coefficient (Wildman–Crippen LogP) is 6.42. The number of benzene rings is 2. The summed E-state index contributed by atoms with van der Waals surface area (Å²) in [6.45, 7) is 1.84. The number of amides is 1. The van der Waals surface area contributed by atoms with Crippen LogP contribution in [0.15, 0.2) is 76.5 Å². The smallest absolute Gasteiger partial charge is 0.322 e. The molecule has 1 N–H and O–H groups in total. The average Bonchev–Trinajstić information content (AvgIpc) is 3.44. The van der Waals surface area contributed by atoms with Gasteiger partial charge in [-0.2, -0.15) is 13.2 Å². The summed E-state index contributed by atoms with van der Waals surface area (Å²) in [5.41, 5.74) is 5.35. The molecule has 198 valence electrons. The van der Waals surface area contributed by atoms with Crippen LogP contribution in [0.5, 0.6) is 0 Å². The highest BCUT2D eigenvalue weighted by molar-refractivity contribution is 7.07. The molecule has 0 atom stereocenters. The lowest BCUT2D eigenvalue weighted by Crippen LogP contribution is -2.20. The molecule has 0 fully saturated rings. The lowest BCUT2D eigenvalue weighted by atomic mass is 9.99. The molecule has 3 aromatic heterocycles. The zero-order valence-corrected chi connectivity index (χ0v) is 21.9. The van der Waals surface area contributed by atoms with Crippen LogP contribution in [0.3, 0.4) is 0 Å². The number of nitrogens with one attached hydrogen (secondary N) is 1. The summed E-state index contributed by atoms with van der Waals surface area (Å²) in [7, 11) is 1.70. The molecule has 0 bridgehead atoms. The molecule has 0 aliphatic carbocycles. The third-order valence-electron chi connectivity index (χ3n) is 6.52. The van der Waals surface area contributed by atoms with Gasteiger partial charge in [0.2, 0.25) is 0 Å². The van der Waals surface area contributed by atoms with Crippen LogP contribution in [0.25, 0.3) is 22.0 Å². The maximum absolute atomic E-state index is 13.4. The minimum absolute atomic E-state index is 0.120.